The number of hydrogen-bond donors (Lipinski definition) is 2. The van der Waals surface area contributed by atoms with Crippen molar-refractivity contribution in [3.8, 4) is 0 Å². The first-order valence-corrected chi connectivity index (χ1v) is 5.94. The lowest BCUT2D eigenvalue weighted by atomic mass is 10.1. The molecule has 0 aromatic heterocycles. The summed E-state index contributed by atoms with van der Waals surface area (Å²) in [5.74, 6) is -1.05. The maximum absolute atomic E-state index is 13.3. The molecule has 1 fully saturated rings. The minimum absolute atomic E-state index is 0.265. The van der Waals surface area contributed by atoms with Gasteiger partial charge in [0.1, 0.15) is 11.4 Å². The second-order valence-electron chi connectivity index (χ2n) is 4.48. The molecule has 0 amide bonds. The summed E-state index contributed by atoms with van der Waals surface area (Å²) in [5, 5.41) is 11.9. The van der Waals surface area contributed by atoms with Crippen LogP contribution >= 0.6 is 0 Å². The number of carbonyl (C=O) groups is 1. The van der Waals surface area contributed by atoms with E-state index in [1.807, 2.05) is 0 Å². The van der Waals surface area contributed by atoms with Crippen LogP contribution in [0.25, 0.3) is 0 Å². The van der Waals surface area contributed by atoms with Crippen LogP contribution in [-0.2, 0) is 0 Å². The van der Waals surface area contributed by atoms with Gasteiger partial charge in [0.05, 0.1) is 5.69 Å². The molecule has 0 heterocycles. The lowest BCUT2D eigenvalue weighted by Gasteiger charge is -2.09. The number of rotatable bonds is 6. The molecule has 17 heavy (non-hydrogen) atoms. The van der Waals surface area contributed by atoms with Crippen molar-refractivity contribution in [2.75, 3.05) is 11.9 Å². The summed E-state index contributed by atoms with van der Waals surface area (Å²) < 4.78 is 13.3. The van der Waals surface area contributed by atoms with Crippen LogP contribution in [0.2, 0.25) is 0 Å². The van der Waals surface area contributed by atoms with E-state index < -0.39 is 11.8 Å². The van der Waals surface area contributed by atoms with E-state index in [2.05, 4.69) is 5.32 Å². The first-order valence-electron chi connectivity index (χ1n) is 5.94. The summed E-state index contributed by atoms with van der Waals surface area (Å²) in [6.45, 7) is 0.695. The van der Waals surface area contributed by atoms with E-state index in [9.17, 15) is 9.18 Å². The molecule has 92 valence electrons. The Morgan fingerprint density at radius 2 is 2.24 bits per heavy atom. The second kappa shape index (κ2) is 5.17. The van der Waals surface area contributed by atoms with Crippen molar-refractivity contribution >= 4 is 11.7 Å². The summed E-state index contributed by atoms with van der Waals surface area (Å²) in [5.41, 5.74) is 0.104. The van der Waals surface area contributed by atoms with Crippen LogP contribution in [0.1, 0.15) is 36.0 Å². The van der Waals surface area contributed by atoms with Crippen molar-refractivity contribution in [3.63, 3.8) is 0 Å². The molecule has 0 radical (unpaired) electrons. The molecule has 1 aliphatic rings. The molecule has 4 heteroatoms. The van der Waals surface area contributed by atoms with Crippen LogP contribution in [0.5, 0.6) is 0 Å². The molecular formula is C13H16FNO2. The number of carboxylic acid groups (broad SMARTS) is 1. The first kappa shape index (κ1) is 11.9. The maximum Gasteiger partial charge on any atom is 0.340 e. The van der Waals surface area contributed by atoms with Crippen molar-refractivity contribution in [2.24, 2.45) is 5.92 Å². The van der Waals surface area contributed by atoms with Gasteiger partial charge in [0.2, 0.25) is 0 Å². The summed E-state index contributed by atoms with van der Waals surface area (Å²) in [7, 11) is 0. The lowest BCUT2D eigenvalue weighted by Crippen LogP contribution is -2.09. The zero-order valence-electron chi connectivity index (χ0n) is 9.58. The monoisotopic (exact) mass is 237 g/mol. The largest absolute Gasteiger partial charge is 0.478 e. The van der Waals surface area contributed by atoms with Crippen molar-refractivity contribution in [2.45, 2.75) is 25.7 Å². The van der Waals surface area contributed by atoms with Gasteiger partial charge in [0, 0.05) is 6.54 Å². The highest BCUT2D eigenvalue weighted by Gasteiger charge is 2.20. The Balaban J connectivity index is 1.93. The number of anilines is 1. The fourth-order valence-electron chi connectivity index (χ4n) is 1.91. The Hall–Kier alpha value is -1.58. The smallest absolute Gasteiger partial charge is 0.340 e. The Bertz CT molecular complexity index is 416. The highest BCUT2D eigenvalue weighted by Crippen LogP contribution is 2.33. The van der Waals surface area contributed by atoms with Gasteiger partial charge in [-0.05, 0) is 30.9 Å². The Morgan fingerprint density at radius 1 is 1.47 bits per heavy atom. The van der Waals surface area contributed by atoms with Gasteiger partial charge in [-0.1, -0.05) is 18.9 Å². The Labute approximate surface area is 99.7 Å². The highest BCUT2D eigenvalue weighted by molar-refractivity contribution is 5.94. The van der Waals surface area contributed by atoms with Crippen LogP contribution in [0.4, 0.5) is 10.1 Å². The van der Waals surface area contributed by atoms with Gasteiger partial charge < -0.3 is 10.4 Å². The van der Waals surface area contributed by atoms with Crippen LogP contribution < -0.4 is 5.32 Å². The maximum atomic E-state index is 13.3. The van der Waals surface area contributed by atoms with Crippen LogP contribution in [0.3, 0.4) is 0 Å². The first-order chi connectivity index (χ1) is 8.18. The molecule has 2 N–H and O–H groups in total. The molecular weight excluding hydrogens is 221 g/mol. The predicted molar refractivity (Wildman–Crippen MR) is 63.8 cm³/mol. The van der Waals surface area contributed by atoms with E-state index in [0.29, 0.717) is 12.2 Å². The number of nitrogens with one attached hydrogen (secondary N) is 1. The quantitative estimate of drug-likeness (QED) is 0.747. The molecule has 0 aliphatic heterocycles. The molecule has 1 saturated carbocycles. The fourth-order valence-corrected chi connectivity index (χ4v) is 1.91. The third-order valence-corrected chi connectivity index (χ3v) is 3.03. The molecule has 1 aliphatic carbocycles. The molecule has 0 saturated heterocycles. The predicted octanol–water partition coefficient (Wildman–Crippen LogP) is 3.13. The van der Waals surface area contributed by atoms with Gasteiger partial charge in [0.25, 0.3) is 0 Å². The van der Waals surface area contributed by atoms with Crippen LogP contribution in [0, 0.1) is 11.7 Å². The second-order valence-corrected chi connectivity index (χ2v) is 4.48. The number of carboxylic acids is 1. The molecule has 0 bridgehead atoms. The average molecular weight is 237 g/mol. The van der Waals surface area contributed by atoms with Gasteiger partial charge in [-0.3, -0.25) is 0 Å². The van der Waals surface area contributed by atoms with Crippen LogP contribution in [-0.4, -0.2) is 17.6 Å². The SMILES string of the molecule is O=C(O)c1c(F)cccc1NCCCC1CC1. The van der Waals surface area contributed by atoms with Crippen molar-refractivity contribution in [1.29, 1.82) is 0 Å². The third kappa shape index (κ3) is 3.19. The van der Waals surface area contributed by atoms with Gasteiger partial charge in [-0.15, -0.1) is 0 Å². The van der Waals surface area contributed by atoms with Gasteiger partial charge in [0.15, 0.2) is 0 Å². The van der Waals surface area contributed by atoms with E-state index in [1.165, 1.54) is 31.4 Å². The van der Waals surface area contributed by atoms with E-state index in [4.69, 9.17) is 5.11 Å². The number of halogens is 1. The number of benzene rings is 1. The molecule has 3 nitrogen and oxygen atoms in total. The molecule has 0 unspecified atom stereocenters. The summed E-state index contributed by atoms with van der Waals surface area (Å²) in [6.07, 6.45) is 4.81. The molecule has 0 spiro atoms. The third-order valence-electron chi connectivity index (χ3n) is 3.03. The number of hydrogen-bond acceptors (Lipinski definition) is 2. The molecule has 1 aromatic carbocycles. The topological polar surface area (TPSA) is 49.3 Å². The van der Waals surface area contributed by atoms with E-state index in [1.54, 1.807) is 6.07 Å². The Morgan fingerprint density at radius 3 is 2.88 bits per heavy atom. The zero-order valence-corrected chi connectivity index (χ0v) is 9.58. The van der Waals surface area contributed by atoms with E-state index >= 15 is 0 Å². The molecule has 1 aromatic rings. The van der Waals surface area contributed by atoms with Crippen molar-refractivity contribution in [3.05, 3.63) is 29.6 Å². The van der Waals surface area contributed by atoms with Gasteiger partial charge in [-0.2, -0.15) is 0 Å². The minimum atomic E-state index is -1.23. The average Bonchev–Trinajstić information content (AvgIpc) is 3.07. The summed E-state index contributed by atoms with van der Waals surface area (Å²) in [4.78, 5) is 10.9. The van der Waals surface area contributed by atoms with Crippen LogP contribution in [0.15, 0.2) is 18.2 Å². The lowest BCUT2D eigenvalue weighted by molar-refractivity contribution is 0.0693. The summed E-state index contributed by atoms with van der Waals surface area (Å²) in [6, 6.07) is 4.29. The van der Waals surface area contributed by atoms with Gasteiger partial charge >= 0.3 is 5.97 Å². The van der Waals surface area contributed by atoms with Crippen molar-refractivity contribution in [1.82, 2.24) is 0 Å². The minimum Gasteiger partial charge on any atom is -0.478 e. The van der Waals surface area contributed by atoms with Gasteiger partial charge in [-0.25, -0.2) is 9.18 Å². The molecule has 2 rings (SSSR count). The Kier molecular flexibility index (Phi) is 3.61. The van der Waals surface area contributed by atoms with Crippen molar-refractivity contribution < 1.29 is 14.3 Å². The zero-order chi connectivity index (χ0) is 12.3. The fraction of sp³-hybridized carbons (Fsp3) is 0.462. The standard InChI is InChI=1S/C13H16FNO2/c14-10-4-1-5-11(12(10)13(16)17)15-8-2-3-9-6-7-9/h1,4-5,9,15H,2-3,6-8H2,(H,16,17). The highest BCUT2D eigenvalue weighted by atomic mass is 19.1. The number of aromatic carboxylic acids is 1. The normalized spacial score (nSPS) is 14.6. The van der Waals surface area contributed by atoms with E-state index in [0.717, 1.165) is 12.3 Å². The summed E-state index contributed by atoms with van der Waals surface area (Å²) >= 11 is 0. The molecule has 0 atom stereocenters. The van der Waals surface area contributed by atoms with E-state index in [-0.39, 0.29) is 5.56 Å².